The Morgan fingerprint density at radius 3 is 2.28 bits per heavy atom. The van der Waals surface area contributed by atoms with E-state index >= 15 is 0 Å². The minimum Gasteiger partial charge on any atom is -0.459 e. The zero-order valence-electron chi connectivity index (χ0n) is 31.3. The lowest BCUT2D eigenvalue weighted by atomic mass is 9.75. The van der Waals surface area contributed by atoms with Crippen molar-refractivity contribution in [3.8, 4) is 9.75 Å². The number of rotatable bonds is 21. The summed E-state index contributed by atoms with van der Waals surface area (Å²) in [6, 6.07) is 4.61. The van der Waals surface area contributed by atoms with Crippen molar-refractivity contribution in [2.75, 3.05) is 39.5 Å². The molecule has 0 saturated heterocycles. The second kappa shape index (κ2) is 17.7. The van der Waals surface area contributed by atoms with Gasteiger partial charge in [0.15, 0.2) is 0 Å². The summed E-state index contributed by atoms with van der Waals surface area (Å²) in [4.78, 5) is 31.4. The third kappa shape index (κ3) is 13.2. The van der Waals surface area contributed by atoms with Crippen LogP contribution in [0, 0.1) is 24.7 Å². The van der Waals surface area contributed by atoms with Crippen LogP contribution >= 0.6 is 22.7 Å². The first-order valence-corrected chi connectivity index (χ1v) is 20.7. The standard InChI is InChI=1S/C36H56N4O7S3/c1-10-11-12-13-15-28-20-26(2)48-32(28)31-21-29(27(3)49-31)22-39-23-30(37-38-39)24-47-34(42)36(6,7)25-35(4,5)33(41)46-18-17-40(8,9)16-14-19-50(43,44)45/h20-21,23H,10-19,22,24-25H2,1-9H3/p+1. The molecule has 0 radical (unpaired) electrons. The van der Waals surface area contributed by atoms with Crippen LogP contribution in [0.1, 0.15) is 99.7 Å². The summed E-state index contributed by atoms with van der Waals surface area (Å²) in [7, 11) is -0.207. The van der Waals surface area contributed by atoms with Gasteiger partial charge in [-0.05, 0) is 84.1 Å². The summed E-state index contributed by atoms with van der Waals surface area (Å²) in [5, 5.41) is 8.53. The van der Waals surface area contributed by atoms with Crippen LogP contribution in [0.2, 0.25) is 0 Å². The average molecular weight is 754 g/mol. The molecule has 0 aliphatic heterocycles. The molecule has 0 saturated carbocycles. The van der Waals surface area contributed by atoms with E-state index in [4.69, 9.17) is 14.0 Å². The van der Waals surface area contributed by atoms with E-state index < -0.39 is 32.9 Å². The van der Waals surface area contributed by atoms with E-state index in [9.17, 15) is 18.0 Å². The van der Waals surface area contributed by atoms with Crippen molar-refractivity contribution in [2.45, 2.75) is 107 Å². The predicted octanol–water partition coefficient (Wildman–Crippen LogP) is 7.24. The molecule has 0 aliphatic rings. The lowest BCUT2D eigenvalue weighted by Gasteiger charge is -2.33. The Kier molecular flexibility index (Phi) is 14.8. The Hall–Kier alpha value is -2.65. The average Bonchev–Trinajstić information content (AvgIpc) is 3.70. The molecule has 0 unspecified atom stereocenters. The molecular weight excluding hydrogens is 697 g/mol. The number of thiophene rings is 2. The third-order valence-electron chi connectivity index (χ3n) is 8.83. The summed E-state index contributed by atoms with van der Waals surface area (Å²) >= 11 is 3.68. The molecule has 280 valence electrons. The van der Waals surface area contributed by atoms with E-state index in [0.29, 0.717) is 36.2 Å². The van der Waals surface area contributed by atoms with Crippen LogP contribution < -0.4 is 0 Å². The molecule has 0 amide bonds. The molecule has 0 bridgehead atoms. The highest BCUT2D eigenvalue weighted by Gasteiger charge is 2.41. The number of carbonyl (C=O) groups excluding carboxylic acids is 2. The molecule has 3 aromatic rings. The molecule has 0 aliphatic carbocycles. The molecule has 3 heterocycles. The number of carbonyl (C=O) groups is 2. The molecule has 0 aromatic carbocycles. The maximum absolute atomic E-state index is 13.2. The largest absolute Gasteiger partial charge is 0.459 e. The predicted molar refractivity (Wildman–Crippen MR) is 200 cm³/mol. The van der Waals surface area contributed by atoms with Gasteiger partial charge in [0.05, 0.1) is 50.0 Å². The van der Waals surface area contributed by atoms with Gasteiger partial charge in [0.25, 0.3) is 10.1 Å². The molecule has 3 aromatic heterocycles. The lowest BCUT2D eigenvalue weighted by Crippen LogP contribution is -2.44. The van der Waals surface area contributed by atoms with Crippen LogP contribution in [0.25, 0.3) is 9.75 Å². The quantitative estimate of drug-likeness (QED) is 0.0517. The highest BCUT2D eigenvalue weighted by molar-refractivity contribution is 7.85. The number of nitrogens with zero attached hydrogens (tertiary/aromatic N) is 4. The number of quaternary nitrogens is 1. The molecule has 11 nitrogen and oxygen atoms in total. The number of likely N-dealkylation sites (N-methyl/N-ethyl adjacent to an activating group) is 1. The number of hydrogen-bond acceptors (Lipinski definition) is 10. The van der Waals surface area contributed by atoms with Crippen LogP contribution in [0.3, 0.4) is 0 Å². The van der Waals surface area contributed by atoms with E-state index in [1.54, 1.807) is 38.6 Å². The van der Waals surface area contributed by atoms with Gasteiger partial charge in [-0.15, -0.1) is 27.8 Å². The third-order valence-corrected chi connectivity index (χ3v) is 12.0. The van der Waals surface area contributed by atoms with E-state index in [0.717, 1.165) is 6.42 Å². The zero-order chi connectivity index (χ0) is 37.3. The Bertz CT molecular complexity index is 1690. The van der Waals surface area contributed by atoms with Gasteiger partial charge in [-0.1, -0.05) is 31.4 Å². The van der Waals surface area contributed by atoms with Crippen LogP contribution in [-0.2, 0) is 48.8 Å². The van der Waals surface area contributed by atoms with Crippen LogP contribution in [-0.4, -0.2) is 83.9 Å². The van der Waals surface area contributed by atoms with Gasteiger partial charge in [0, 0.05) is 25.9 Å². The second-order valence-electron chi connectivity index (χ2n) is 15.3. The van der Waals surface area contributed by atoms with E-state index in [-0.39, 0.29) is 25.4 Å². The molecule has 0 fully saturated rings. The molecular formula is C36H57N4O7S3+. The van der Waals surface area contributed by atoms with Crippen LogP contribution in [0.5, 0.6) is 0 Å². The lowest BCUT2D eigenvalue weighted by molar-refractivity contribution is -0.890. The molecule has 0 spiro atoms. The minimum absolute atomic E-state index is 0.0263. The van der Waals surface area contributed by atoms with Crippen molar-refractivity contribution < 1.29 is 36.5 Å². The molecule has 1 N–H and O–H groups in total. The maximum atomic E-state index is 13.2. The highest BCUT2D eigenvalue weighted by atomic mass is 32.2. The monoisotopic (exact) mass is 753 g/mol. The van der Waals surface area contributed by atoms with Gasteiger partial charge in [-0.2, -0.15) is 8.42 Å². The van der Waals surface area contributed by atoms with Gasteiger partial charge in [-0.25, -0.2) is 4.68 Å². The Labute approximate surface area is 306 Å². The van der Waals surface area contributed by atoms with Gasteiger partial charge < -0.3 is 14.0 Å². The van der Waals surface area contributed by atoms with Crippen molar-refractivity contribution >= 4 is 44.7 Å². The Morgan fingerprint density at radius 2 is 1.62 bits per heavy atom. The van der Waals surface area contributed by atoms with E-state index in [2.05, 4.69) is 43.2 Å². The fourth-order valence-corrected chi connectivity index (χ4v) is 8.83. The number of esters is 2. The normalized spacial score (nSPS) is 12.8. The summed E-state index contributed by atoms with van der Waals surface area (Å²) < 4.78 is 44.4. The molecule has 14 heteroatoms. The van der Waals surface area contributed by atoms with Crippen molar-refractivity contribution in [3.05, 3.63) is 44.9 Å². The van der Waals surface area contributed by atoms with Crippen molar-refractivity contribution in [2.24, 2.45) is 10.8 Å². The minimum atomic E-state index is -4.01. The Balaban J connectivity index is 1.51. The second-order valence-corrected chi connectivity index (χ2v) is 19.4. The number of ether oxygens (including phenoxy) is 2. The van der Waals surface area contributed by atoms with Crippen LogP contribution in [0.4, 0.5) is 0 Å². The number of hydrogen-bond donors (Lipinski definition) is 1. The van der Waals surface area contributed by atoms with Crippen molar-refractivity contribution in [3.63, 3.8) is 0 Å². The van der Waals surface area contributed by atoms with Gasteiger partial charge in [0.2, 0.25) is 0 Å². The zero-order valence-corrected chi connectivity index (χ0v) is 33.8. The maximum Gasteiger partial charge on any atom is 0.311 e. The summed E-state index contributed by atoms with van der Waals surface area (Å²) in [5.41, 5.74) is 1.25. The van der Waals surface area contributed by atoms with Crippen molar-refractivity contribution in [1.29, 1.82) is 0 Å². The van der Waals surface area contributed by atoms with Gasteiger partial charge in [-0.3, -0.25) is 14.1 Å². The first-order chi connectivity index (χ1) is 23.2. The van der Waals surface area contributed by atoms with Crippen molar-refractivity contribution in [1.82, 2.24) is 15.0 Å². The highest BCUT2D eigenvalue weighted by Crippen LogP contribution is 2.40. The van der Waals surface area contributed by atoms with E-state index in [1.165, 1.54) is 56.3 Å². The van der Waals surface area contributed by atoms with Crippen LogP contribution in [0.15, 0.2) is 18.3 Å². The fraction of sp³-hybridized carbons (Fsp3) is 0.667. The Morgan fingerprint density at radius 1 is 0.940 bits per heavy atom. The molecule has 50 heavy (non-hydrogen) atoms. The topological polar surface area (TPSA) is 138 Å². The fourth-order valence-electron chi connectivity index (χ4n) is 6.10. The number of aryl methyl sites for hydroxylation is 3. The summed E-state index contributed by atoms with van der Waals surface area (Å²) in [6.07, 6.45) is 8.41. The first kappa shape index (κ1) is 41.8. The van der Waals surface area contributed by atoms with E-state index in [1.807, 2.05) is 36.8 Å². The number of unbranched alkanes of at least 4 members (excludes halogenated alkanes) is 3. The number of aromatic nitrogens is 3. The first-order valence-electron chi connectivity index (χ1n) is 17.4. The van der Waals surface area contributed by atoms with Gasteiger partial charge in [0.1, 0.15) is 25.5 Å². The molecule has 3 rings (SSSR count). The SMILES string of the molecule is CCCCCCc1cc(C)sc1-c1cc(Cn2cc(COC(=O)C(C)(C)CC(C)(C)C(=O)OCC[N+](C)(C)CCCS(=O)(=O)O)nn2)c(C)s1. The molecule has 0 atom stereocenters. The summed E-state index contributed by atoms with van der Waals surface area (Å²) in [6.45, 7) is 15.2. The van der Waals surface area contributed by atoms with Gasteiger partial charge >= 0.3 is 11.9 Å². The summed E-state index contributed by atoms with van der Waals surface area (Å²) in [5.74, 6) is -1.18. The smallest absolute Gasteiger partial charge is 0.311 e.